The van der Waals surface area contributed by atoms with Crippen LogP contribution in [0.1, 0.15) is 41.9 Å². The molecular formula is C18H24N4O3S. The van der Waals surface area contributed by atoms with Gasteiger partial charge in [0.1, 0.15) is 11.4 Å². The van der Waals surface area contributed by atoms with E-state index < -0.39 is 0 Å². The topological polar surface area (TPSA) is 75.5 Å². The molecule has 3 rings (SSSR count). The molecule has 1 aliphatic heterocycles. The van der Waals surface area contributed by atoms with E-state index >= 15 is 0 Å². The van der Waals surface area contributed by atoms with Crippen molar-refractivity contribution in [2.75, 3.05) is 26.2 Å². The van der Waals surface area contributed by atoms with E-state index in [1.807, 2.05) is 18.7 Å². The van der Waals surface area contributed by atoms with Gasteiger partial charge in [-0.1, -0.05) is 0 Å². The normalized spacial score (nSPS) is 14.2. The number of aromatic nitrogens is 2. The summed E-state index contributed by atoms with van der Waals surface area (Å²) in [5, 5.41) is 0.451. The Hall–Kier alpha value is -2.22. The van der Waals surface area contributed by atoms with E-state index in [0.717, 1.165) is 25.9 Å². The number of amides is 2. The molecule has 0 atom stereocenters. The first-order chi connectivity index (χ1) is 12.5. The molecule has 7 nitrogen and oxygen atoms in total. The molecule has 0 saturated carbocycles. The molecular weight excluding hydrogens is 352 g/mol. The summed E-state index contributed by atoms with van der Waals surface area (Å²) in [6, 6.07) is 0. The van der Waals surface area contributed by atoms with Gasteiger partial charge in [0.25, 0.3) is 11.5 Å². The van der Waals surface area contributed by atoms with Crippen LogP contribution >= 0.6 is 11.3 Å². The summed E-state index contributed by atoms with van der Waals surface area (Å²) in [5.74, 6) is -0.132. The van der Waals surface area contributed by atoms with Crippen LogP contribution in [0.5, 0.6) is 0 Å². The van der Waals surface area contributed by atoms with E-state index in [4.69, 9.17) is 0 Å². The number of carbonyl (C=O) groups is 2. The molecule has 0 aromatic carbocycles. The Morgan fingerprint density at radius 2 is 1.88 bits per heavy atom. The highest BCUT2D eigenvalue weighted by molar-refractivity contribution is 7.20. The van der Waals surface area contributed by atoms with Crippen molar-refractivity contribution in [3.05, 3.63) is 27.1 Å². The summed E-state index contributed by atoms with van der Waals surface area (Å²) in [6.07, 6.45) is 3.45. The Labute approximate surface area is 156 Å². The van der Waals surface area contributed by atoms with Gasteiger partial charge in [0.05, 0.1) is 16.6 Å². The minimum atomic E-state index is -0.260. The Morgan fingerprint density at radius 3 is 2.50 bits per heavy atom. The van der Waals surface area contributed by atoms with E-state index in [1.54, 1.807) is 11.8 Å². The summed E-state index contributed by atoms with van der Waals surface area (Å²) < 4.78 is 1.34. The van der Waals surface area contributed by atoms with Crippen LogP contribution in [-0.2, 0) is 11.3 Å². The molecule has 0 unspecified atom stereocenters. The Kier molecular flexibility index (Phi) is 5.41. The second-order valence-electron chi connectivity index (χ2n) is 6.48. The molecule has 0 bridgehead atoms. The third-order valence-corrected chi connectivity index (χ3v) is 6.11. The maximum atomic E-state index is 12.9. The lowest BCUT2D eigenvalue weighted by Crippen LogP contribution is -2.36. The smallest absolute Gasteiger partial charge is 0.264 e. The number of likely N-dealkylation sites (N-methyl/N-ethyl adjacent to an activating group) is 1. The first-order valence-corrected chi connectivity index (χ1v) is 9.85. The standard InChI is InChI=1S/C18H24N4O3S/c1-4-20(5-2)13(23)10-22-11-19-16-14(17(22)24)12(3)15(26-16)18(25)21-8-6-7-9-21/h11H,4-10H2,1-3H3. The molecule has 1 saturated heterocycles. The number of fused-ring (bicyclic) bond motifs is 1. The minimum absolute atomic E-state index is 0.0202. The lowest BCUT2D eigenvalue weighted by atomic mass is 10.2. The largest absolute Gasteiger partial charge is 0.342 e. The molecule has 0 aliphatic carbocycles. The Balaban J connectivity index is 1.96. The van der Waals surface area contributed by atoms with Crippen LogP contribution in [0.15, 0.2) is 11.1 Å². The van der Waals surface area contributed by atoms with Crippen molar-refractivity contribution in [2.24, 2.45) is 0 Å². The van der Waals surface area contributed by atoms with Gasteiger partial charge in [0.15, 0.2) is 0 Å². The maximum Gasteiger partial charge on any atom is 0.264 e. The number of rotatable bonds is 5. The number of nitrogens with zero attached hydrogens (tertiary/aromatic N) is 4. The monoisotopic (exact) mass is 376 g/mol. The number of carbonyl (C=O) groups excluding carboxylic acids is 2. The van der Waals surface area contributed by atoms with Crippen LogP contribution < -0.4 is 5.56 Å². The van der Waals surface area contributed by atoms with E-state index in [2.05, 4.69) is 4.98 Å². The summed E-state index contributed by atoms with van der Waals surface area (Å²) in [7, 11) is 0. The number of thiophene rings is 1. The highest BCUT2D eigenvalue weighted by Gasteiger charge is 2.25. The van der Waals surface area contributed by atoms with Gasteiger partial charge in [-0.3, -0.25) is 19.0 Å². The minimum Gasteiger partial charge on any atom is -0.342 e. The quantitative estimate of drug-likeness (QED) is 0.798. The number of hydrogen-bond acceptors (Lipinski definition) is 5. The SMILES string of the molecule is CCN(CC)C(=O)Cn1cnc2sc(C(=O)N3CCCC3)c(C)c2c1=O. The molecule has 2 aromatic rings. The number of likely N-dealkylation sites (tertiary alicyclic amines) is 1. The number of hydrogen-bond donors (Lipinski definition) is 0. The zero-order valence-corrected chi connectivity index (χ0v) is 16.3. The first-order valence-electron chi connectivity index (χ1n) is 9.03. The third kappa shape index (κ3) is 3.25. The van der Waals surface area contributed by atoms with Crippen LogP contribution in [0.2, 0.25) is 0 Å². The van der Waals surface area contributed by atoms with Gasteiger partial charge in [-0.2, -0.15) is 0 Å². The molecule has 0 spiro atoms. The van der Waals surface area contributed by atoms with Gasteiger partial charge in [-0.15, -0.1) is 11.3 Å². The molecule has 0 N–H and O–H groups in total. The molecule has 140 valence electrons. The van der Waals surface area contributed by atoms with Crippen LogP contribution in [0.3, 0.4) is 0 Å². The van der Waals surface area contributed by atoms with Gasteiger partial charge in [0, 0.05) is 26.2 Å². The van der Waals surface area contributed by atoms with Crippen LogP contribution in [0.25, 0.3) is 10.2 Å². The fourth-order valence-corrected chi connectivity index (χ4v) is 4.47. The average molecular weight is 376 g/mol. The van der Waals surface area contributed by atoms with Gasteiger partial charge in [0.2, 0.25) is 5.91 Å². The summed E-state index contributed by atoms with van der Waals surface area (Å²) in [5.41, 5.74) is 0.411. The molecule has 8 heteroatoms. The van der Waals surface area contributed by atoms with Gasteiger partial charge < -0.3 is 9.80 Å². The van der Waals surface area contributed by atoms with E-state index in [1.165, 1.54) is 22.2 Å². The zero-order valence-electron chi connectivity index (χ0n) is 15.4. The van der Waals surface area contributed by atoms with Gasteiger partial charge in [-0.25, -0.2) is 4.98 Å². The van der Waals surface area contributed by atoms with Crippen molar-refractivity contribution in [2.45, 2.75) is 40.2 Å². The predicted molar refractivity (Wildman–Crippen MR) is 102 cm³/mol. The third-order valence-electron chi connectivity index (χ3n) is 4.93. The Bertz CT molecular complexity index is 892. The highest BCUT2D eigenvalue weighted by atomic mass is 32.1. The molecule has 2 amide bonds. The van der Waals surface area contributed by atoms with Crippen molar-refractivity contribution in [3.8, 4) is 0 Å². The van der Waals surface area contributed by atoms with Crippen molar-refractivity contribution < 1.29 is 9.59 Å². The fourth-order valence-electron chi connectivity index (χ4n) is 3.36. The lowest BCUT2D eigenvalue weighted by Gasteiger charge is -2.18. The molecule has 1 aliphatic rings. The van der Waals surface area contributed by atoms with Crippen LogP contribution in [0.4, 0.5) is 0 Å². The molecule has 1 fully saturated rings. The summed E-state index contributed by atoms with van der Waals surface area (Å²) in [6.45, 7) is 8.31. The highest BCUT2D eigenvalue weighted by Crippen LogP contribution is 2.28. The van der Waals surface area contributed by atoms with Crippen LogP contribution in [-0.4, -0.2) is 57.3 Å². The van der Waals surface area contributed by atoms with Gasteiger partial charge in [-0.05, 0) is 39.2 Å². The Morgan fingerprint density at radius 1 is 1.23 bits per heavy atom. The summed E-state index contributed by atoms with van der Waals surface area (Å²) >= 11 is 1.26. The fraction of sp³-hybridized carbons (Fsp3) is 0.556. The van der Waals surface area contributed by atoms with Crippen molar-refractivity contribution in [3.63, 3.8) is 0 Å². The van der Waals surface area contributed by atoms with E-state index in [9.17, 15) is 14.4 Å². The second kappa shape index (κ2) is 7.57. The van der Waals surface area contributed by atoms with E-state index in [0.29, 0.717) is 33.7 Å². The van der Waals surface area contributed by atoms with Gasteiger partial charge >= 0.3 is 0 Å². The zero-order chi connectivity index (χ0) is 18.8. The van der Waals surface area contributed by atoms with E-state index in [-0.39, 0.29) is 23.9 Å². The molecule has 26 heavy (non-hydrogen) atoms. The molecule has 3 heterocycles. The summed E-state index contributed by atoms with van der Waals surface area (Å²) in [4.78, 5) is 46.9. The second-order valence-corrected chi connectivity index (χ2v) is 7.48. The molecule has 0 radical (unpaired) electrons. The first kappa shape index (κ1) is 18.6. The maximum absolute atomic E-state index is 12.9. The average Bonchev–Trinajstić information content (AvgIpc) is 3.26. The predicted octanol–water partition coefficient (Wildman–Crippen LogP) is 1.87. The molecule has 2 aromatic heterocycles. The lowest BCUT2D eigenvalue weighted by molar-refractivity contribution is -0.131. The van der Waals surface area contributed by atoms with Crippen LogP contribution in [0, 0.1) is 6.92 Å². The van der Waals surface area contributed by atoms with Crippen molar-refractivity contribution in [1.82, 2.24) is 19.4 Å². The number of aryl methyl sites for hydroxylation is 1. The van der Waals surface area contributed by atoms with Crippen molar-refractivity contribution >= 4 is 33.4 Å². The van der Waals surface area contributed by atoms with Crippen molar-refractivity contribution in [1.29, 1.82) is 0 Å².